The van der Waals surface area contributed by atoms with Gasteiger partial charge in [-0.2, -0.15) is 0 Å². The molecule has 1 aliphatic heterocycles. The maximum atomic E-state index is 12.7. The average Bonchev–Trinajstić information content (AvgIpc) is 2.80. The SMILES string of the molecule is CCCC1C(=O)NC2(CCCC2)C(=O)N1CCC. The Morgan fingerprint density at radius 3 is 2.44 bits per heavy atom. The first-order chi connectivity index (χ1) is 8.64. The maximum Gasteiger partial charge on any atom is 0.249 e. The predicted octanol–water partition coefficient (Wildman–Crippen LogP) is 1.84. The monoisotopic (exact) mass is 252 g/mol. The number of amides is 2. The lowest BCUT2D eigenvalue weighted by atomic mass is 9.89. The van der Waals surface area contributed by atoms with Crippen molar-refractivity contribution in [2.45, 2.75) is 70.4 Å². The first-order valence-electron chi connectivity index (χ1n) is 7.27. The van der Waals surface area contributed by atoms with E-state index in [0.717, 1.165) is 44.9 Å². The second-order valence-corrected chi connectivity index (χ2v) is 5.58. The van der Waals surface area contributed by atoms with E-state index in [4.69, 9.17) is 0 Å². The lowest BCUT2D eigenvalue weighted by Gasteiger charge is -2.44. The van der Waals surface area contributed by atoms with E-state index in [1.165, 1.54) is 0 Å². The van der Waals surface area contributed by atoms with E-state index >= 15 is 0 Å². The molecule has 4 heteroatoms. The minimum Gasteiger partial charge on any atom is -0.340 e. The number of rotatable bonds is 4. The van der Waals surface area contributed by atoms with Gasteiger partial charge >= 0.3 is 0 Å². The zero-order chi connectivity index (χ0) is 13.2. The number of carbonyl (C=O) groups is 2. The van der Waals surface area contributed by atoms with Crippen molar-refractivity contribution in [1.82, 2.24) is 10.2 Å². The van der Waals surface area contributed by atoms with Crippen LogP contribution in [0.2, 0.25) is 0 Å². The molecule has 2 fully saturated rings. The molecule has 1 N–H and O–H groups in total. The molecule has 0 radical (unpaired) electrons. The van der Waals surface area contributed by atoms with Crippen molar-refractivity contribution in [3.63, 3.8) is 0 Å². The van der Waals surface area contributed by atoms with Crippen molar-refractivity contribution in [1.29, 1.82) is 0 Å². The number of hydrogen-bond donors (Lipinski definition) is 1. The van der Waals surface area contributed by atoms with Crippen molar-refractivity contribution in [3.05, 3.63) is 0 Å². The number of hydrogen-bond acceptors (Lipinski definition) is 2. The summed E-state index contributed by atoms with van der Waals surface area (Å²) in [4.78, 5) is 26.8. The summed E-state index contributed by atoms with van der Waals surface area (Å²) in [7, 11) is 0. The van der Waals surface area contributed by atoms with Crippen LogP contribution in [-0.2, 0) is 9.59 Å². The Kier molecular flexibility index (Phi) is 3.93. The van der Waals surface area contributed by atoms with Crippen LogP contribution in [-0.4, -0.2) is 34.8 Å². The zero-order valence-corrected chi connectivity index (χ0v) is 11.5. The van der Waals surface area contributed by atoms with Gasteiger partial charge in [-0.3, -0.25) is 9.59 Å². The second-order valence-electron chi connectivity index (χ2n) is 5.58. The highest BCUT2D eigenvalue weighted by atomic mass is 16.2. The van der Waals surface area contributed by atoms with Crippen molar-refractivity contribution < 1.29 is 9.59 Å². The molecule has 0 aromatic carbocycles. The fourth-order valence-corrected chi connectivity index (χ4v) is 3.31. The molecule has 1 saturated carbocycles. The van der Waals surface area contributed by atoms with E-state index in [0.29, 0.717) is 6.54 Å². The summed E-state index contributed by atoms with van der Waals surface area (Å²) in [5.74, 6) is 0.228. The van der Waals surface area contributed by atoms with Crippen LogP contribution in [0.5, 0.6) is 0 Å². The lowest BCUT2D eigenvalue weighted by Crippen LogP contribution is -2.69. The summed E-state index contributed by atoms with van der Waals surface area (Å²) in [6.07, 6.45) is 6.34. The largest absolute Gasteiger partial charge is 0.340 e. The Morgan fingerprint density at radius 2 is 1.89 bits per heavy atom. The number of nitrogens with zero attached hydrogens (tertiary/aromatic N) is 1. The molecule has 1 aliphatic carbocycles. The molecule has 1 spiro atoms. The molecule has 1 unspecified atom stereocenters. The Morgan fingerprint density at radius 1 is 1.22 bits per heavy atom. The fourth-order valence-electron chi connectivity index (χ4n) is 3.31. The molecule has 4 nitrogen and oxygen atoms in total. The molecule has 2 amide bonds. The van der Waals surface area contributed by atoms with E-state index < -0.39 is 5.54 Å². The summed E-state index contributed by atoms with van der Waals surface area (Å²) < 4.78 is 0. The van der Waals surface area contributed by atoms with E-state index in [9.17, 15) is 9.59 Å². The Labute approximate surface area is 109 Å². The van der Waals surface area contributed by atoms with Gasteiger partial charge in [0.05, 0.1) is 0 Å². The van der Waals surface area contributed by atoms with Crippen LogP contribution in [0.15, 0.2) is 0 Å². The summed E-state index contributed by atoms with van der Waals surface area (Å²) in [6, 6.07) is -0.242. The Hall–Kier alpha value is -1.06. The van der Waals surface area contributed by atoms with E-state index in [-0.39, 0.29) is 17.9 Å². The van der Waals surface area contributed by atoms with Crippen LogP contribution < -0.4 is 5.32 Å². The van der Waals surface area contributed by atoms with Gasteiger partial charge in [0.1, 0.15) is 11.6 Å². The third-order valence-electron chi connectivity index (χ3n) is 4.20. The first kappa shape index (κ1) is 13.4. The predicted molar refractivity (Wildman–Crippen MR) is 70.0 cm³/mol. The van der Waals surface area contributed by atoms with Gasteiger partial charge < -0.3 is 10.2 Å². The van der Waals surface area contributed by atoms with Crippen molar-refractivity contribution in [2.75, 3.05) is 6.54 Å². The Balaban J connectivity index is 2.23. The summed E-state index contributed by atoms with van der Waals surface area (Å²) in [5, 5.41) is 3.03. The van der Waals surface area contributed by atoms with E-state index in [1.807, 2.05) is 4.90 Å². The van der Waals surface area contributed by atoms with Gasteiger partial charge in [-0.1, -0.05) is 33.1 Å². The molecule has 2 rings (SSSR count). The van der Waals surface area contributed by atoms with Gasteiger partial charge in [0, 0.05) is 6.54 Å². The van der Waals surface area contributed by atoms with Crippen molar-refractivity contribution in [2.24, 2.45) is 0 Å². The summed E-state index contributed by atoms with van der Waals surface area (Å²) >= 11 is 0. The highest BCUT2D eigenvalue weighted by Crippen LogP contribution is 2.35. The van der Waals surface area contributed by atoms with Crippen molar-refractivity contribution >= 4 is 11.8 Å². The Bertz CT molecular complexity index is 335. The highest BCUT2D eigenvalue weighted by molar-refractivity contribution is 6.00. The molecule has 0 aromatic rings. The van der Waals surface area contributed by atoms with Crippen LogP contribution in [0.3, 0.4) is 0 Å². The summed E-state index contributed by atoms with van der Waals surface area (Å²) in [6.45, 7) is 4.82. The van der Waals surface area contributed by atoms with Gasteiger partial charge in [-0.05, 0) is 25.7 Å². The van der Waals surface area contributed by atoms with Crippen LogP contribution in [0, 0.1) is 0 Å². The average molecular weight is 252 g/mol. The molecule has 1 saturated heterocycles. The molecular formula is C14H24N2O2. The molecule has 1 heterocycles. The number of nitrogens with one attached hydrogen (secondary N) is 1. The van der Waals surface area contributed by atoms with Gasteiger partial charge in [0.2, 0.25) is 11.8 Å². The lowest BCUT2D eigenvalue weighted by molar-refractivity contribution is -0.155. The molecular weight excluding hydrogens is 228 g/mol. The third kappa shape index (κ3) is 2.13. The smallest absolute Gasteiger partial charge is 0.249 e. The first-order valence-corrected chi connectivity index (χ1v) is 7.27. The zero-order valence-electron chi connectivity index (χ0n) is 11.5. The molecule has 18 heavy (non-hydrogen) atoms. The molecule has 0 bridgehead atoms. The molecule has 2 aliphatic rings. The van der Waals surface area contributed by atoms with Crippen molar-refractivity contribution in [3.8, 4) is 0 Å². The van der Waals surface area contributed by atoms with E-state index in [1.54, 1.807) is 0 Å². The topological polar surface area (TPSA) is 49.4 Å². The molecule has 102 valence electrons. The van der Waals surface area contributed by atoms with Crippen LogP contribution in [0.1, 0.15) is 58.8 Å². The van der Waals surface area contributed by atoms with Gasteiger partial charge in [-0.25, -0.2) is 0 Å². The van der Waals surface area contributed by atoms with Crippen LogP contribution >= 0.6 is 0 Å². The number of piperazine rings is 1. The van der Waals surface area contributed by atoms with E-state index in [2.05, 4.69) is 19.2 Å². The van der Waals surface area contributed by atoms with Crippen LogP contribution in [0.25, 0.3) is 0 Å². The molecule has 1 atom stereocenters. The normalized spacial score (nSPS) is 26.8. The minimum atomic E-state index is -0.559. The second kappa shape index (κ2) is 5.29. The van der Waals surface area contributed by atoms with Gasteiger partial charge in [0.15, 0.2) is 0 Å². The van der Waals surface area contributed by atoms with Gasteiger partial charge in [-0.15, -0.1) is 0 Å². The van der Waals surface area contributed by atoms with Gasteiger partial charge in [0.25, 0.3) is 0 Å². The maximum absolute atomic E-state index is 12.7. The fraction of sp³-hybridized carbons (Fsp3) is 0.857. The van der Waals surface area contributed by atoms with Crippen LogP contribution in [0.4, 0.5) is 0 Å². The number of carbonyl (C=O) groups excluding carboxylic acids is 2. The molecule has 0 aromatic heterocycles. The quantitative estimate of drug-likeness (QED) is 0.830. The highest BCUT2D eigenvalue weighted by Gasteiger charge is 2.51. The standard InChI is InChI=1S/C14H24N2O2/c1-3-7-11-12(17)15-14(8-5-6-9-14)13(18)16(11)10-4-2/h11H,3-10H2,1-2H3,(H,15,17). The third-order valence-corrected chi connectivity index (χ3v) is 4.20. The summed E-state index contributed by atoms with van der Waals surface area (Å²) in [5.41, 5.74) is -0.559. The minimum absolute atomic E-state index is 0.0619.